The highest BCUT2D eigenvalue weighted by Gasteiger charge is 2.30. The molecule has 2 rings (SSSR count). The molecule has 0 saturated heterocycles. The predicted octanol–water partition coefficient (Wildman–Crippen LogP) is 6.22. The fourth-order valence-electron chi connectivity index (χ4n) is 3.45. The molecule has 1 aromatic rings. The zero-order valence-corrected chi connectivity index (χ0v) is 15.7. The van der Waals surface area contributed by atoms with Crippen LogP contribution in [0.3, 0.4) is 0 Å². The number of nitrogens with one attached hydrogen (secondary N) is 1. The molecule has 1 saturated carbocycles. The number of hydrogen-bond acceptors (Lipinski definition) is 1. The van der Waals surface area contributed by atoms with Crippen molar-refractivity contribution >= 4 is 27.5 Å². The Balaban J connectivity index is 2.19. The smallest absolute Gasteiger partial charge is 0.0548 e. The van der Waals surface area contributed by atoms with Gasteiger partial charge in [0.05, 0.1) is 5.02 Å². The van der Waals surface area contributed by atoms with E-state index in [2.05, 4.69) is 54.2 Å². The van der Waals surface area contributed by atoms with E-state index in [0.29, 0.717) is 6.04 Å². The topological polar surface area (TPSA) is 12.0 Å². The van der Waals surface area contributed by atoms with Gasteiger partial charge in [-0.2, -0.15) is 0 Å². The lowest BCUT2D eigenvalue weighted by Gasteiger charge is -2.37. The predicted molar refractivity (Wildman–Crippen MR) is 95.9 cm³/mol. The fourth-order valence-corrected chi connectivity index (χ4v) is 3.97. The van der Waals surface area contributed by atoms with Gasteiger partial charge in [-0.05, 0) is 77.2 Å². The second kappa shape index (κ2) is 7.99. The van der Waals surface area contributed by atoms with Crippen LogP contribution in [0, 0.1) is 17.8 Å². The molecule has 0 aliphatic heterocycles. The van der Waals surface area contributed by atoms with E-state index in [1.54, 1.807) is 0 Å². The molecule has 1 nitrogen and oxygen atoms in total. The van der Waals surface area contributed by atoms with Crippen molar-refractivity contribution in [2.45, 2.75) is 52.5 Å². The third-order valence-electron chi connectivity index (χ3n) is 5.03. The first-order chi connectivity index (χ1) is 10.0. The second-order valence-corrected chi connectivity index (χ2v) is 7.89. The van der Waals surface area contributed by atoms with Gasteiger partial charge in [0.25, 0.3) is 0 Å². The summed E-state index contributed by atoms with van der Waals surface area (Å²) in [5.74, 6) is 2.42. The first-order valence-corrected chi connectivity index (χ1v) is 9.38. The van der Waals surface area contributed by atoms with Crippen molar-refractivity contribution < 1.29 is 0 Å². The van der Waals surface area contributed by atoms with Crippen LogP contribution in [0.25, 0.3) is 0 Å². The van der Waals surface area contributed by atoms with Gasteiger partial charge in [-0.25, -0.2) is 0 Å². The minimum absolute atomic E-state index is 0.452. The SMILES string of the molecule is CCCNC(c1ccc(Cl)c(Br)c1)C1CCC(C)C(C)C1. The van der Waals surface area contributed by atoms with E-state index in [1.165, 1.54) is 31.2 Å². The molecule has 3 heteroatoms. The van der Waals surface area contributed by atoms with E-state index in [1.807, 2.05) is 6.07 Å². The average Bonchev–Trinajstić information content (AvgIpc) is 2.46. The molecule has 4 unspecified atom stereocenters. The van der Waals surface area contributed by atoms with Gasteiger partial charge in [-0.15, -0.1) is 0 Å². The Kier molecular flexibility index (Phi) is 6.58. The van der Waals surface area contributed by atoms with E-state index in [-0.39, 0.29) is 0 Å². The van der Waals surface area contributed by atoms with Gasteiger partial charge >= 0.3 is 0 Å². The lowest BCUT2D eigenvalue weighted by Crippen LogP contribution is -2.33. The molecular formula is C18H27BrClN. The van der Waals surface area contributed by atoms with Crippen LogP contribution < -0.4 is 5.32 Å². The van der Waals surface area contributed by atoms with Gasteiger partial charge in [0.15, 0.2) is 0 Å². The van der Waals surface area contributed by atoms with Gasteiger partial charge < -0.3 is 5.32 Å². The number of hydrogen-bond donors (Lipinski definition) is 1. The Bertz CT molecular complexity index is 463. The zero-order chi connectivity index (χ0) is 15.4. The average molecular weight is 373 g/mol. The zero-order valence-electron chi connectivity index (χ0n) is 13.3. The molecule has 0 radical (unpaired) electrons. The van der Waals surface area contributed by atoms with Crippen LogP contribution in [0.5, 0.6) is 0 Å². The summed E-state index contributed by atoms with van der Waals surface area (Å²) in [6, 6.07) is 6.84. The molecule has 4 atom stereocenters. The van der Waals surface area contributed by atoms with Crippen molar-refractivity contribution in [3.8, 4) is 0 Å². The summed E-state index contributed by atoms with van der Waals surface area (Å²) in [6.07, 6.45) is 5.17. The van der Waals surface area contributed by atoms with E-state index < -0.39 is 0 Å². The fraction of sp³-hybridized carbons (Fsp3) is 0.667. The van der Waals surface area contributed by atoms with Gasteiger partial charge in [0, 0.05) is 10.5 Å². The Morgan fingerprint density at radius 1 is 1.29 bits per heavy atom. The van der Waals surface area contributed by atoms with Crippen molar-refractivity contribution in [1.29, 1.82) is 0 Å². The van der Waals surface area contributed by atoms with E-state index in [9.17, 15) is 0 Å². The van der Waals surface area contributed by atoms with Crippen molar-refractivity contribution in [2.24, 2.45) is 17.8 Å². The van der Waals surface area contributed by atoms with Crippen LogP contribution in [0.15, 0.2) is 22.7 Å². The largest absolute Gasteiger partial charge is 0.310 e. The van der Waals surface area contributed by atoms with Gasteiger partial charge in [0.1, 0.15) is 0 Å². The molecule has 1 aromatic carbocycles. The maximum Gasteiger partial charge on any atom is 0.0548 e. The number of rotatable bonds is 5. The van der Waals surface area contributed by atoms with Crippen LogP contribution in [-0.4, -0.2) is 6.54 Å². The molecule has 0 heterocycles. The lowest BCUT2D eigenvalue weighted by molar-refractivity contribution is 0.171. The highest BCUT2D eigenvalue weighted by Crippen LogP contribution is 2.40. The summed E-state index contributed by atoms with van der Waals surface area (Å²) in [7, 11) is 0. The van der Waals surface area contributed by atoms with E-state index in [4.69, 9.17) is 11.6 Å². The van der Waals surface area contributed by atoms with Gasteiger partial charge in [0.2, 0.25) is 0 Å². The molecule has 118 valence electrons. The van der Waals surface area contributed by atoms with E-state index >= 15 is 0 Å². The lowest BCUT2D eigenvalue weighted by atomic mass is 9.72. The first-order valence-electron chi connectivity index (χ1n) is 8.21. The number of halogens is 2. The summed E-state index contributed by atoms with van der Waals surface area (Å²) < 4.78 is 1.00. The molecule has 0 aromatic heterocycles. The second-order valence-electron chi connectivity index (χ2n) is 6.63. The molecule has 0 spiro atoms. The minimum atomic E-state index is 0.452. The minimum Gasteiger partial charge on any atom is -0.310 e. The Morgan fingerprint density at radius 3 is 2.67 bits per heavy atom. The summed E-state index contributed by atoms with van der Waals surface area (Å²) >= 11 is 9.72. The molecule has 21 heavy (non-hydrogen) atoms. The van der Waals surface area contributed by atoms with Gasteiger partial charge in [-0.3, -0.25) is 0 Å². The normalized spacial score (nSPS) is 27.6. The summed E-state index contributed by atoms with van der Waals surface area (Å²) in [5, 5.41) is 4.56. The first kappa shape index (κ1) is 17.3. The van der Waals surface area contributed by atoms with Crippen molar-refractivity contribution in [3.63, 3.8) is 0 Å². The van der Waals surface area contributed by atoms with Crippen LogP contribution >= 0.6 is 27.5 Å². The van der Waals surface area contributed by atoms with Crippen molar-refractivity contribution in [3.05, 3.63) is 33.3 Å². The molecule has 1 aliphatic rings. The summed E-state index contributed by atoms with van der Waals surface area (Å²) in [6.45, 7) is 8.11. The standard InChI is InChI=1S/C18H27BrClN/c1-4-9-21-18(14-6-5-12(2)13(3)10-14)15-7-8-17(20)16(19)11-15/h7-8,11-14,18,21H,4-6,9-10H2,1-3H3. The monoisotopic (exact) mass is 371 g/mol. The summed E-state index contributed by atoms with van der Waals surface area (Å²) in [4.78, 5) is 0. The molecular weight excluding hydrogens is 346 g/mol. The summed E-state index contributed by atoms with van der Waals surface area (Å²) in [5.41, 5.74) is 1.37. The number of benzene rings is 1. The van der Waals surface area contributed by atoms with Gasteiger partial charge in [-0.1, -0.05) is 44.9 Å². The molecule has 1 fully saturated rings. The highest BCUT2D eigenvalue weighted by molar-refractivity contribution is 9.10. The molecule has 1 aliphatic carbocycles. The quantitative estimate of drug-likeness (QED) is 0.647. The van der Waals surface area contributed by atoms with Crippen molar-refractivity contribution in [2.75, 3.05) is 6.54 Å². The van der Waals surface area contributed by atoms with Crippen LogP contribution in [0.4, 0.5) is 0 Å². The Labute approximate surface area is 143 Å². The van der Waals surface area contributed by atoms with E-state index in [0.717, 1.165) is 33.8 Å². The van der Waals surface area contributed by atoms with Crippen molar-refractivity contribution in [1.82, 2.24) is 5.32 Å². The van der Waals surface area contributed by atoms with Crippen LogP contribution in [0.1, 0.15) is 58.1 Å². The Morgan fingerprint density at radius 2 is 2.05 bits per heavy atom. The maximum atomic E-state index is 6.15. The third-order valence-corrected chi connectivity index (χ3v) is 6.24. The highest BCUT2D eigenvalue weighted by atomic mass is 79.9. The Hall–Kier alpha value is -0.0500. The molecule has 0 bridgehead atoms. The third kappa shape index (κ3) is 4.46. The van der Waals surface area contributed by atoms with Crippen LogP contribution in [0.2, 0.25) is 5.02 Å². The maximum absolute atomic E-state index is 6.15. The molecule has 0 amide bonds. The van der Waals surface area contributed by atoms with Crippen LogP contribution in [-0.2, 0) is 0 Å². The molecule has 1 N–H and O–H groups in total.